The SMILES string of the molecule is CCCCc1nnc(NC(=O)Cn2c(CCC)n[nH]c2=S)s1. The van der Waals surface area contributed by atoms with Crippen molar-refractivity contribution in [1.82, 2.24) is 25.0 Å². The first-order chi connectivity index (χ1) is 10.6. The number of unbranched alkanes of at least 4 members (excludes halogenated alkanes) is 1. The first kappa shape index (κ1) is 16.8. The Morgan fingerprint density at radius 2 is 2.14 bits per heavy atom. The summed E-state index contributed by atoms with van der Waals surface area (Å²) in [5.74, 6) is 0.622. The summed E-state index contributed by atoms with van der Waals surface area (Å²) < 4.78 is 2.17. The lowest BCUT2D eigenvalue weighted by Gasteiger charge is -2.05. The van der Waals surface area contributed by atoms with E-state index in [9.17, 15) is 4.79 Å². The number of nitrogens with zero attached hydrogens (tertiary/aromatic N) is 4. The Morgan fingerprint density at radius 1 is 1.32 bits per heavy atom. The van der Waals surface area contributed by atoms with Gasteiger partial charge in [-0.1, -0.05) is 31.6 Å². The van der Waals surface area contributed by atoms with E-state index in [2.05, 4.69) is 39.6 Å². The highest BCUT2D eigenvalue weighted by molar-refractivity contribution is 7.71. The monoisotopic (exact) mass is 340 g/mol. The van der Waals surface area contributed by atoms with Crippen LogP contribution in [-0.4, -0.2) is 30.9 Å². The highest BCUT2D eigenvalue weighted by Gasteiger charge is 2.12. The van der Waals surface area contributed by atoms with Gasteiger partial charge in [-0.25, -0.2) is 0 Å². The Balaban J connectivity index is 1.97. The van der Waals surface area contributed by atoms with Crippen LogP contribution in [0.25, 0.3) is 0 Å². The molecular weight excluding hydrogens is 320 g/mol. The number of nitrogens with one attached hydrogen (secondary N) is 2. The minimum Gasteiger partial charge on any atom is -0.299 e. The van der Waals surface area contributed by atoms with E-state index in [1.165, 1.54) is 11.3 Å². The summed E-state index contributed by atoms with van der Waals surface area (Å²) in [6.45, 7) is 4.32. The van der Waals surface area contributed by atoms with Gasteiger partial charge in [-0.15, -0.1) is 10.2 Å². The van der Waals surface area contributed by atoms with Gasteiger partial charge in [-0.05, 0) is 25.1 Å². The van der Waals surface area contributed by atoms with Crippen LogP contribution in [0.3, 0.4) is 0 Å². The smallest absolute Gasteiger partial charge is 0.246 e. The Labute approximate surface area is 138 Å². The number of hydrogen-bond acceptors (Lipinski definition) is 6. The summed E-state index contributed by atoms with van der Waals surface area (Å²) in [6.07, 6.45) is 4.81. The van der Waals surface area contributed by atoms with Crippen LogP contribution in [0, 0.1) is 4.77 Å². The summed E-state index contributed by atoms with van der Waals surface area (Å²) in [5.41, 5.74) is 0. The van der Waals surface area contributed by atoms with Crippen LogP contribution >= 0.6 is 23.6 Å². The molecule has 0 spiro atoms. The van der Waals surface area contributed by atoms with Crippen molar-refractivity contribution in [3.8, 4) is 0 Å². The third-order valence-electron chi connectivity index (χ3n) is 3.07. The Hall–Kier alpha value is -1.61. The average Bonchev–Trinajstić information content (AvgIpc) is 3.07. The molecule has 0 atom stereocenters. The average molecular weight is 340 g/mol. The van der Waals surface area contributed by atoms with E-state index in [0.717, 1.165) is 42.9 Å². The molecule has 2 heterocycles. The van der Waals surface area contributed by atoms with Gasteiger partial charge in [-0.3, -0.25) is 19.8 Å². The number of aromatic nitrogens is 5. The first-order valence-electron chi connectivity index (χ1n) is 7.40. The quantitative estimate of drug-likeness (QED) is 0.721. The molecule has 0 aliphatic carbocycles. The highest BCUT2D eigenvalue weighted by atomic mass is 32.1. The zero-order valence-electron chi connectivity index (χ0n) is 12.8. The molecule has 9 heteroatoms. The Bertz CT molecular complexity index is 674. The van der Waals surface area contributed by atoms with Crippen molar-refractivity contribution < 1.29 is 4.79 Å². The van der Waals surface area contributed by atoms with Crippen molar-refractivity contribution in [2.75, 3.05) is 5.32 Å². The van der Waals surface area contributed by atoms with Crippen molar-refractivity contribution in [2.24, 2.45) is 0 Å². The van der Waals surface area contributed by atoms with Gasteiger partial charge in [0.1, 0.15) is 17.4 Å². The fourth-order valence-corrected chi connectivity index (χ4v) is 2.98. The molecule has 2 rings (SSSR count). The van der Waals surface area contributed by atoms with Crippen LogP contribution in [0.1, 0.15) is 43.9 Å². The van der Waals surface area contributed by atoms with Gasteiger partial charge in [0.15, 0.2) is 4.77 Å². The maximum absolute atomic E-state index is 12.1. The summed E-state index contributed by atoms with van der Waals surface area (Å²) >= 11 is 6.58. The number of anilines is 1. The molecule has 2 aromatic rings. The van der Waals surface area contributed by atoms with E-state index in [1.807, 2.05) is 0 Å². The molecule has 2 N–H and O–H groups in total. The van der Waals surface area contributed by atoms with Crippen molar-refractivity contribution in [1.29, 1.82) is 0 Å². The van der Waals surface area contributed by atoms with E-state index < -0.39 is 0 Å². The van der Waals surface area contributed by atoms with Crippen LogP contribution in [0.5, 0.6) is 0 Å². The van der Waals surface area contributed by atoms with Crippen LogP contribution < -0.4 is 5.32 Å². The number of hydrogen-bond donors (Lipinski definition) is 2. The number of carbonyl (C=O) groups excluding carboxylic acids is 1. The van der Waals surface area contributed by atoms with Crippen LogP contribution in [0.4, 0.5) is 5.13 Å². The molecule has 0 bridgehead atoms. The third kappa shape index (κ3) is 4.44. The van der Waals surface area contributed by atoms with E-state index >= 15 is 0 Å². The summed E-state index contributed by atoms with van der Waals surface area (Å²) in [4.78, 5) is 12.1. The van der Waals surface area contributed by atoms with Crippen LogP contribution in [-0.2, 0) is 24.2 Å². The fourth-order valence-electron chi connectivity index (χ4n) is 1.96. The van der Waals surface area contributed by atoms with Crippen LogP contribution in [0.2, 0.25) is 0 Å². The topological polar surface area (TPSA) is 88.5 Å². The molecule has 0 radical (unpaired) electrons. The van der Waals surface area contributed by atoms with Gasteiger partial charge in [0.25, 0.3) is 0 Å². The summed E-state index contributed by atoms with van der Waals surface area (Å²) in [6, 6.07) is 0. The molecule has 0 aliphatic heterocycles. The lowest BCUT2D eigenvalue weighted by molar-refractivity contribution is -0.116. The maximum atomic E-state index is 12.1. The van der Waals surface area contributed by atoms with Crippen molar-refractivity contribution in [2.45, 2.75) is 52.5 Å². The second kappa shape index (κ2) is 8.14. The van der Waals surface area contributed by atoms with E-state index in [4.69, 9.17) is 12.2 Å². The molecule has 2 aromatic heterocycles. The van der Waals surface area contributed by atoms with E-state index in [-0.39, 0.29) is 12.5 Å². The molecule has 0 saturated carbocycles. The third-order valence-corrected chi connectivity index (χ3v) is 4.28. The van der Waals surface area contributed by atoms with Gasteiger partial charge in [0.2, 0.25) is 11.0 Å². The predicted molar refractivity (Wildman–Crippen MR) is 88.6 cm³/mol. The maximum Gasteiger partial charge on any atom is 0.246 e. The summed E-state index contributed by atoms with van der Waals surface area (Å²) in [7, 11) is 0. The normalized spacial score (nSPS) is 10.8. The Morgan fingerprint density at radius 3 is 2.86 bits per heavy atom. The fraction of sp³-hybridized carbons (Fsp3) is 0.615. The van der Waals surface area contributed by atoms with Crippen molar-refractivity contribution in [3.63, 3.8) is 0 Å². The number of aromatic amines is 1. The highest BCUT2D eigenvalue weighted by Crippen LogP contribution is 2.17. The lowest BCUT2D eigenvalue weighted by atomic mass is 10.3. The molecule has 0 fully saturated rings. The molecular formula is C13H20N6OS2. The minimum atomic E-state index is -0.173. The first-order valence-corrected chi connectivity index (χ1v) is 8.62. The number of aryl methyl sites for hydroxylation is 2. The molecule has 120 valence electrons. The summed E-state index contributed by atoms with van der Waals surface area (Å²) in [5, 5.41) is 19.2. The lowest BCUT2D eigenvalue weighted by Crippen LogP contribution is -2.20. The number of rotatable bonds is 8. The number of amides is 1. The standard InChI is InChI=1S/C13H20N6OS2/c1-3-5-7-11-16-17-12(22-11)14-10(20)8-19-9(6-4-2)15-18-13(19)21/h3-8H2,1-2H3,(H,18,21)(H,14,17,20). The molecule has 1 amide bonds. The van der Waals surface area contributed by atoms with Gasteiger partial charge < -0.3 is 0 Å². The Kier molecular flexibility index (Phi) is 6.20. The van der Waals surface area contributed by atoms with Crippen LogP contribution in [0.15, 0.2) is 0 Å². The van der Waals surface area contributed by atoms with Crippen molar-refractivity contribution >= 4 is 34.6 Å². The zero-order chi connectivity index (χ0) is 15.9. The molecule has 22 heavy (non-hydrogen) atoms. The van der Waals surface area contributed by atoms with E-state index in [0.29, 0.717) is 9.90 Å². The predicted octanol–water partition coefficient (Wildman–Crippen LogP) is 2.73. The largest absolute Gasteiger partial charge is 0.299 e. The molecule has 0 aliphatic rings. The second-order valence-corrected chi connectivity index (χ2v) is 6.38. The molecule has 7 nitrogen and oxygen atoms in total. The zero-order valence-corrected chi connectivity index (χ0v) is 14.4. The van der Waals surface area contributed by atoms with Gasteiger partial charge >= 0.3 is 0 Å². The second-order valence-electron chi connectivity index (χ2n) is 4.93. The minimum absolute atomic E-state index is 0.133. The van der Waals surface area contributed by atoms with Gasteiger partial charge in [0.05, 0.1) is 0 Å². The number of carbonyl (C=O) groups is 1. The van der Waals surface area contributed by atoms with Gasteiger partial charge in [-0.2, -0.15) is 5.10 Å². The van der Waals surface area contributed by atoms with Gasteiger partial charge in [0, 0.05) is 12.8 Å². The van der Waals surface area contributed by atoms with Crippen molar-refractivity contribution in [3.05, 3.63) is 15.6 Å². The molecule has 0 saturated heterocycles. The number of H-pyrrole nitrogens is 1. The molecule has 0 aromatic carbocycles. The van der Waals surface area contributed by atoms with E-state index in [1.54, 1.807) is 4.57 Å². The molecule has 0 unspecified atom stereocenters.